The summed E-state index contributed by atoms with van der Waals surface area (Å²) >= 11 is 0. The van der Waals surface area contributed by atoms with E-state index in [-0.39, 0.29) is 23.8 Å². The Labute approximate surface area is 176 Å². The lowest BCUT2D eigenvalue weighted by atomic mass is 9.83. The predicted molar refractivity (Wildman–Crippen MR) is 116 cm³/mol. The number of carbonyl (C=O) groups is 1. The van der Waals surface area contributed by atoms with Crippen LogP contribution in [0.2, 0.25) is 0 Å². The summed E-state index contributed by atoms with van der Waals surface area (Å²) in [6.45, 7) is 3.11. The molecule has 0 aliphatic heterocycles. The van der Waals surface area contributed by atoms with Crippen molar-refractivity contribution in [3.05, 3.63) is 59.7 Å². The maximum Gasteiger partial charge on any atom is 0.244 e. The van der Waals surface area contributed by atoms with Gasteiger partial charge in [-0.1, -0.05) is 36.4 Å². The minimum Gasteiger partial charge on any atom is -0.380 e. The van der Waals surface area contributed by atoms with E-state index in [9.17, 15) is 18.3 Å². The second-order valence-corrected chi connectivity index (χ2v) is 10.1. The number of nitrogens with two attached hydrogens (primary N) is 1. The van der Waals surface area contributed by atoms with Gasteiger partial charge in [0.25, 0.3) is 0 Å². The molecule has 0 bridgehead atoms. The Hall–Kier alpha value is -2.91. The van der Waals surface area contributed by atoms with E-state index in [1.165, 1.54) is 11.0 Å². The number of nitrogen functional groups attached to an aromatic ring is 1. The SMILES string of the molecule is CC(C)S(=O)(=O)n1c(N)nc2ccc(C(O)(CC(=O)N(C)C)c3ccccc3)cc21. The number of imidazole rings is 1. The number of aliphatic hydroxyl groups is 1. The summed E-state index contributed by atoms with van der Waals surface area (Å²) in [5.74, 6) is -0.423. The lowest BCUT2D eigenvalue weighted by Crippen LogP contribution is -2.35. The van der Waals surface area contributed by atoms with E-state index in [4.69, 9.17) is 5.73 Å². The molecule has 160 valence electrons. The number of hydrogen-bond acceptors (Lipinski definition) is 6. The third kappa shape index (κ3) is 3.66. The summed E-state index contributed by atoms with van der Waals surface area (Å²) in [4.78, 5) is 18.1. The molecule has 9 heteroatoms. The molecule has 0 aliphatic rings. The molecule has 3 N–H and O–H groups in total. The molecule has 0 saturated carbocycles. The Balaban J connectivity index is 2.27. The van der Waals surface area contributed by atoms with Crippen LogP contribution in [0.1, 0.15) is 31.4 Å². The van der Waals surface area contributed by atoms with E-state index in [1.807, 2.05) is 6.07 Å². The van der Waals surface area contributed by atoms with Gasteiger partial charge in [-0.15, -0.1) is 0 Å². The van der Waals surface area contributed by atoms with Crippen LogP contribution in [0.25, 0.3) is 11.0 Å². The van der Waals surface area contributed by atoms with Crippen molar-refractivity contribution in [3.8, 4) is 0 Å². The number of anilines is 1. The molecule has 1 unspecified atom stereocenters. The highest BCUT2D eigenvalue weighted by molar-refractivity contribution is 7.90. The largest absolute Gasteiger partial charge is 0.380 e. The standard InChI is InChI=1S/C21H26N4O4S/c1-14(2)30(28,29)25-18-12-16(10-11-17(18)23-20(25)22)21(27,13-19(26)24(3)4)15-8-6-5-7-9-15/h5-12,14,27H,13H2,1-4H3,(H2,22,23). The van der Waals surface area contributed by atoms with Crippen LogP contribution in [-0.4, -0.2) is 52.6 Å². The van der Waals surface area contributed by atoms with Gasteiger partial charge in [-0.05, 0) is 37.1 Å². The van der Waals surface area contributed by atoms with Crippen molar-refractivity contribution in [1.82, 2.24) is 13.9 Å². The maximum absolute atomic E-state index is 12.8. The fourth-order valence-corrected chi connectivity index (χ4v) is 4.41. The van der Waals surface area contributed by atoms with Crippen molar-refractivity contribution < 1.29 is 18.3 Å². The van der Waals surface area contributed by atoms with E-state index >= 15 is 0 Å². The molecule has 8 nitrogen and oxygen atoms in total. The van der Waals surface area contributed by atoms with E-state index in [1.54, 1.807) is 64.3 Å². The number of aromatic nitrogens is 2. The zero-order valence-electron chi connectivity index (χ0n) is 17.4. The van der Waals surface area contributed by atoms with Gasteiger partial charge in [0.1, 0.15) is 5.60 Å². The topological polar surface area (TPSA) is 119 Å². The second kappa shape index (κ2) is 7.73. The number of benzene rings is 2. The average molecular weight is 431 g/mol. The van der Waals surface area contributed by atoms with Gasteiger partial charge in [0.2, 0.25) is 21.9 Å². The predicted octanol–water partition coefficient (Wildman–Crippen LogP) is 1.92. The average Bonchev–Trinajstić information content (AvgIpc) is 3.03. The van der Waals surface area contributed by atoms with E-state index in [0.717, 1.165) is 3.97 Å². The quantitative estimate of drug-likeness (QED) is 0.617. The van der Waals surface area contributed by atoms with Crippen molar-refractivity contribution in [2.45, 2.75) is 31.1 Å². The van der Waals surface area contributed by atoms with Gasteiger partial charge in [0.15, 0.2) is 0 Å². The molecule has 3 rings (SSSR count). The minimum absolute atomic E-state index is 0.150. The number of hydrogen-bond donors (Lipinski definition) is 2. The third-order valence-electron chi connectivity index (χ3n) is 5.12. The van der Waals surface area contributed by atoms with E-state index < -0.39 is 20.9 Å². The molecular formula is C21H26N4O4S. The van der Waals surface area contributed by atoms with Crippen molar-refractivity contribution >= 4 is 32.9 Å². The van der Waals surface area contributed by atoms with Crippen molar-refractivity contribution in [2.75, 3.05) is 19.8 Å². The molecule has 2 aromatic carbocycles. The Bertz CT molecular complexity index is 1190. The number of carbonyl (C=O) groups excluding carboxylic acids is 1. The molecule has 0 saturated heterocycles. The van der Waals surface area contributed by atoms with Crippen LogP contribution >= 0.6 is 0 Å². The molecule has 0 aliphatic carbocycles. The van der Waals surface area contributed by atoms with Crippen LogP contribution in [0.15, 0.2) is 48.5 Å². The van der Waals surface area contributed by atoms with Crippen molar-refractivity contribution in [3.63, 3.8) is 0 Å². The molecule has 0 radical (unpaired) electrons. The molecular weight excluding hydrogens is 404 g/mol. The molecule has 0 spiro atoms. The van der Waals surface area contributed by atoms with Gasteiger partial charge in [-0.3, -0.25) is 4.79 Å². The number of amides is 1. The van der Waals surface area contributed by atoms with E-state index in [0.29, 0.717) is 16.6 Å². The zero-order valence-corrected chi connectivity index (χ0v) is 18.2. The summed E-state index contributed by atoms with van der Waals surface area (Å²) in [5.41, 5.74) is 5.78. The smallest absolute Gasteiger partial charge is 0.244 e. The Morgan fingerprint density at radius 1 is 1.17 bits per heavy atom. The van der Waals surface area contributed by atoms with Crippen LogP contribution < -0.4 is 5.73 Å². The highest BCUT2D eigenvalue weighted by atomic mass is 32.2. The first kappa shape index (κ1) is 21.8. The summed E-state index contributed by atoms with van der Waals surface area (Å²) in [7, 11) is -0.556. The summed E-state index contributed by atoms with van der Waals surface area (Å²) < 4.78 is 26.7. The van der Waals surface area contributed by atoms with Gasteiger partial charge in [0.05, 0.1) is 22.7 Å². The van der Waals surface area contributed by atoms with Gasteiger partial charge in [0, 0.05) is 14.1 Å². The first-order valence-electron chi connectivity index (χ1n) is 9.49. The first-order chi connectivity index (χ1) is 14.0. The minimum atomic E-state index is -3.78. The molecule has 0 fully saturated rings. The normalized spacial score (nSPS) is 14.1. The van der Waals surface area contributed by atoms with Crippen LogP contribution in [-0.2, 0) is 20.4 Å². The summed E-state index contributed by atoms with van der Waals surface area (Å²) in [6, 6.07) is 13.6. The molecule has 1 atom stereocenters. The van der Waals surface area contributed by atoms with E-state index in [2.05, 4.69) is 4.98 Å². The molecule has 1 aromatic heterocycles. The number of rotatable bonds is 6. The van der Waals surface area contributed by atoms with Crippen molar-refractivity contribution in [2.24, 2.45) is 0 Å². The number of nitrogens with zero attached hydrogens (tertiary/aromatic N) is 3. The molecule has 1 amide bonds. The number of fused-ring (bicyclic) bond motifs is 1. The van der Waals surface area contributed by atoms with Gasteiger partial charge in [-0.2, -0.15) is 0 Å². The van der Waals surface area contributed by atoms with Gasteiger partial charge < -0.3 is 15.7 Å². The fraction of sp³-hybridized carbons (Fsp3) is 0.333. The lowest BCUT2D eigenvalue weighted by molar-refractivity contribution is -0.132. The first-order valence-corrected chi connectivity index (χ1v) is 11.0. The van der Waals surface area contributed by atoms with Crippen LogP contribution in [0, 0.1) is 0 Å². The fourth-order valence-electron chi connectivity index (χ4n) is 3.27. The molecule has 1 heterocycles. The van der Waals surface area contributed by atoms with Crippen molar-refractivity contribution in [1.29, 1.82) is 0 Å². The molecule has 3 aromatic rings. The Morgan fingerprint density at radius 2 is 1.80 bits per heavy atom. The zero-order chi connectivity index (χ0) is 22.3. The van der Waals surface area contributed by atoms with Crippen LogP contribution in [0.3, 0.4) is 0 Å². The highest BCUT2D eigenvalue weighted by Gasteiger charge is 2.36. The summed E-state index contributed by atoms with van der Waals surface area (Å²) in [6.07, 6.45) is -0.212. The maximum atomic E-state index is 12.8. The Morgan fingerprint density at radius 3 is 2.37 bits per heavy atom. The van der Waals surface area contributed by atoms with Crippen LogP contribution in [0.4, 0.5) is 5.95 Å². The van der Waals surface area contributed by atoms with Crippen LogP contribution in [0.5, 0.6) is 0 Å². The van der Waals surface area contributed by atoms with Gasteiger partial charge >= 0.3 is 0 Å². The monoisotopic (exact) mass is 430 g/mol. The Kier molecular flexibility index (Phi) is 5.62. The van der Waals surface area contributed by atoms with Gasteiger partial charge in [-0.25, -0.2) is 17.4 Å². The summed E-state index contributed by atoms with van der Waals surface area (Å²) in [5, 5.41) is 11.0. The lowest BCUT2D eigenvalue weighted by Gasteiger charge is -2.30. The molecule has 30 heavy (non-hydrogen) atoms. The third-order valence-corrected chi connectivity index (χ3v) is 7.21. The highest BCUT2D eigenvalue weighted by Crippen LogP contribution is 2.36. The second-order valence-electron chi connectivity index (χ2n) is 7.72.